The maximum atomic E-state index is 11.9. The number of hydrogen-bond acceptors (Lipinski definition) is 3. The Morgan fingerprint density at radius 3 is 2.58 bits per heavy atom. The Hall–Kier alpha value is -2.08. The maximum Gasteiger partial charge on any atom is 0.335 e. The van der Waals surface area contributed by atoms with Crippen LogP contribution in [0.1, 0.15) is 23.2 Å². The van der Waals surface area contributed by atoms with Crippen molar-refractivity contribution in [2.45, 2.75) is 18.9 Å². The van der Waals surface area contributed by atoms with Crippen LogP contribution in [0.15, 0.2) is 24.3 Å². The van der Waals surface area contributed by atoms with E-state index in [1.165, 1.54) is 12.1 Å². The van der Waals surface area contributed by atoms with Gasteiger partial charge >= 0.3 is 12.0 Å². The Labute approximate surface area is 110 Å². The summed E-state index contributed by atoms with van der Waals surface area (Å²) in [5.74, 6) is -1.03. The van der Waals surface area contributed by atoms with Gasteiger partial charge in [-0.1, -0.05) is 6.07 Å². The third kappa shape index (κ3) is 3.45. The molecule has 1 aromatic carbocycles. The lowest BCUT2D eigenvalue weighted by Gasteiger charge is -2.29. The number of hydrogen-bond donors (Lipinski definition) is 3. The highest BCUT2D eigenvalue weighted by molar-refractivity contribution is 5.93. The molecule has 6 heteroatoms. The van der Waals surface area contributed by atoms with Gasteiger partial charge in [0, 0.05) is 18.8 Å². The third-order valence-electron chi connectivity index (χ3n) is 3.11. The summed E-state index contributed by atoms with van der Waals surface area (Å²) >= 11 is 0. The molecular weight excluding hydrogens is 248 g/mol. The van der Waals surface area contributed by atoms with Gasteiger partial charge in [0.15, 0.2) is 0 Å². The number of carbonyl (C=O) groups excluding carboxylic acids is 1. The molecule has 1 aliphatic heterocycles. The molecule has 19 heavy (non-hydrogen) atoms. The first kappa shape index (κ1) is 13.4. The van der Waals surface area contributed by atoms with Crippen molar-refractivity contribution >= 4 is 17.7 Å². The Balaban J connectivity index is 1.98. The van der Waals surface area contributed by atoms with Crippen LogP contribution >= 0.6 is 0 Å². The number of benzene rings is 1. The largest absolute Gasteiger partial charge is 0.478 e. The summed E-state index contributed by atoms with van der Waals surface area (Å²) in [6.07, 6.45) is 0.810. The molecule has 6 nitrogen and oxygen atoms in total. The van der Waals surface area contributed by atoms with Crippen molar-refractivity contribution < 1.29 is 19.8 Å². The number of carbonyl (C=O) groups is 2. The number of carboxylic acid groups (broad SMARTS) is 1. The predicted molar refractivity (Wildman–Crippen MR) is 69.2 cm³/mol. The molecule has 1 fully saturated rings. The van der Waals surface area contributed by atoms with E-state index in [9.17, 15) is 14.7 Å². The average Bonchev–Trinajstić information content (AvgIpc) is 2.39. The summed E-state index contributed by atoms with van der Waals surface area (Å²) in [4.78, 5) is 24.4. The standard InChI is InChI=1S/C13H16N2O4/c16-11-4-6-15(7-5-11)13(19)14-10-3-1-2-9(8-10)12(17)18/h1-3,8,11,16H,4-7H2,(H,14,19)(H,17,18). The van der Waals surface area contributed by atoms with Crippen molar-refractivity contribution in [3.05, 3.63) is 29.8 Å². The predicted octanol–water partition coefficient (Wildman–Crippen LogP) is 1.37. The van der Waals surface area contributed by atoms with Crippen molar-refractivity contribution in [3.8, 4) is 0 Å². The van der Waals surface area contributed by atoms with Crippen molar-refractivity contribution in [1.82, 2.24) is 4.90 Å². The van der Waals surface area contributed by atoms with E-state index >= 15 is 0 Å². The third-order valence-corrected chi connectivity index (χ3v) is 3.11. The Morgan fingerprint density at radius 2 is 1.95 bits per heavy atom. The molecule has 1 saturated heterocycles. The number of carboxylic acids is 1. The second-order valence-corrected chi connectivity index (χ2v) is 4.53. The summed E-state index contributed by atoms with van der Waals surface area (Å²) in [7, 11) is 0. The minimum Gasteiger partial charge on any atom is -0.478 e. The van der Waals surface area contributed by atoms with Crippen LogP contribution < -0.4 is 5.32 Å². The lowest BCUT2D eigenvalue weighted by molar-refractivity contribution is 0.0696. The van der Waals surface area contributed by atoms with Crippen LogP contribution in [-0.2, 0) is 0 Å². The number of anilines is 1. The molecule has 0 bridgehead atoms. The first-order valence-electron chi connectivity index (χ1n) is 6.13. The molecule has 1 aromatic rings. The van der Waals surface area contributed by atoms with E-state index in [4.69, 9.17) is 5.11 Å². The van der Waals surface area contributed by atoms with Gasteiger partial charge in [0.05, 0.1) is 11.7 Å². The first-order valence-corrected chi connectivity index (χ1v) is 6.13. The monoisotopic (exact) mass is 264 g/mol. The maximum absolute atomic E-state index is 11.9. The van der Waals surface area contributed by atoms with Gasteiger partial charge in [0.2, 0.25) is 0 Å². The zero-order valence-electron chi connectivity index (χ0n) is 10.4. The molecule has 1 heterocycles. The second-order valence-electron chi connectivity index (χ2n) is 4.53. The van der Waals surface area contributed by atoms with Crippen molar-refractivity contribution in [2.24, 2.45) is 0 Å². The van der Waals surface area contributed by atoms with E-state index in [1.54, 1.807) is 17.0 Å². The average molecular weight is 264 g/mol. The van der Waals surface area contributed by atoms with Crippen LogP contribution in [-0.4, -0.2) is 46.3 Å². The molecule has 0 radical (unpaired) electrons. The molecule has 0 unspecified atom stereocenters. The fourth-order valence-electron chi connectivity index (χ4n) is 2.00. The Kier molecular flexibility index (Phi) is 4.01. The van der Waals surface area contributed by atoms with Gasteiger partial charge in [-0.05, 0) is 31.0 Å². The van der Waals surface area contributed by atoms with E-state index in [0.717, 1.165) is 0 Å². The summed E-state index contributed by atoms with van der Waals surface area (Å²) < 4.78 is 0. The fraction of sp³-hybridized carbons (Fsp3) is 0.385. The molecule has 0 saturated carbocycles. The van der Waals surface area contributed by atoms with Crippen LogP contribution in [0.4, 0.5) is 10.5 Å². The zero-order chi connectivity index (χ0) is 13.8. The van der Waals surface area contributed by atoms with Crippen molar-refractivity contribution in [3.63, 3.8) is 0 Å². The number of nitrogens with one attached hydrogen (secondary N) is 1. The van der Waals surface area contributed by atoms with E-state index in [2.05, 4.69) is 5.32 Å². The van der Waals surface area contributed by atoms with E-state index in [1.807, 2.05) is 0 Å². The van der Waals surface area contributed by atoms with Crippen molar-refractivity contribution in [2.75, 3.05) is 18.4 Å². The van der Waals surface area contributed by atoms with Crippen LogP contribution in [0.25, 0.3) is 0 Å². The van der Waals surface area contributed by atoms with Gasteiger partial charge in [-0.2, -0.15) is 0 Å². The first-order chi connectivity index (χ1) is 9.06. The molecule has 0 atom stereocenters. The smallest absolute Gasteiger partial charge is 0.335 e. The number of nitrogens with zero attached hydrogens (tertiary/aromatic N) is 1. The minimum atomic E-state index is -1.03. The Bertz CT molecular complexity index is 481. The number of aliphatic hydroxyl groups is 1. The van der Waals surface area contributed by atoms with Gasteiger partial charge in [-0.25, -0.2) is 9.59 Å². The zero-order valence-corrected chi connectivity index (χ0v) is 10.4. The normalized spacial score (nSPS) is 16.2. The summed E-state index contributed by atoms with van der Waals surface area (Å²) in [6.45, 7) is 1.01. The molecule has 3 N–H and O–H groups in total. The van der Waals surface area contributed by atoms with Gasteiger partial charge in [-0.3, -0.25) is 0 Å². The number of aliphatic hydroxyl groups excluding tert-OH is 1. The van der Waals surface area contributed by atoms with Gasteiger partial charge in [0.25, 0.3) is 0 Å². The number of piperidine rings is 1. The van der Waals surface area contributed by atoms with Crippen LogP contribution in [0, 0.1) is 0 Å². The number of aromatic carboxylic acids is 1. The molecule has 1 aliphatic rings. The molecule has 0 spiro atoms. The Morgan fingerprint density at radius 1 is 1.26 bits per heavy atom. The number of rotatable bonds is 2. The van der Waals surface area contributed by atoms with Crippen LogP contribution in [0.3, 0.4) is 0 Å². The van der Waals surface area contributed by atoms with Gasteiger partial charge in [0.1, 0.15) is 0 Å². The van der Waals surface area contributed by atoms with Crippen LogP contribution in [0.2, 0.25) is 0 Å². The lowest BCUT2D eigenvalue weighted by atomic mass is 10.1. The topological polar surface area (TPSA) is 89.9 Å². The number of urea groups is 1. The van der Waals surface area contributed by atoms with Gasteiger partial charge in [-0.15, -0.1) is 0 Å². The molecule has 0 aliphatic carbocycles. The van der Waals surface area contributed by atoms with E-state index in [-0.39, 0.29) is 17.7 Å². The van der Waals surface area contributed by atoms with Crippen molar-refractivity contribution in [1.29, 1.82) is 0 Å². The number of amides is 2. The van der Waals surface area contributed by atoms with E-state index < -0.39 is 5.97 Å². The fourth-order valence-corrected chi connectivity index (χ4v) is 2.00. The number of likely N-dealkylation sites (tertiary alicyclic amines) is 1. The second kappa shape index (κ2) is 5.71. The SMILES string of the molecule is O=C(O)c1cccc(NC(=O)N2CCC(O)CC2)c1. The molecule has 2 amide bonds. The highest BCUT2D eigenvalue weighted by atomic mass is 16.4. The van der Waals surface area contributed by atoms with Crippen LogP contribution in [0.5, 0.6) is 0 Å². The molecule has 0 aromatic heterocycles. The summed E-state index contributed by atoms with van der Waals surface area (Å²) in [5, 5.41) is 20.9. The summed E-state index contributed by atoms with van der Waals surface area (Å²) in [6, 6.07) is 5.84. The summed E-state index contributed by atoms with van der Waals surface area (Å²) in [5.41, 5.74) is 0.586. The minimum absolute atomic E-state index is 0.131. The lowest BCUT2D eigenvalue weighted by Crippen LogP contribution is -2.42. The molecule has 102 valence electrons. The highest BCUT2D eigenvalue weighted by Crippen LogP contribution is 2.14. The molecule has 2 rings (SSSR count). The highest BCUT2D eigenvalue weighted by Gasteiger charge is 2.21. The quantitative estimate of drug-likeness (QED) is 0.752. The van der Waals surface area contributed by atoms with Gasteiger partial charge < -0.3 is 20.4 Å². The molecular formula is C13H16N2O4. The van der Waals surface area contributed by atoms with E-state index in [0.29, 0.717) is 31.6 Å².